The van der Waals surface area contributed by atoms with Gasteiger partial charge in [-0.3, -0.25) is 14.3 Å². The maximum atomic E-state index is 12.2. The van der Waals surface area contributed by atoms with Gasteiger partial charge < -0.3 is 24.1 Å². The molecule has 0 unspecified atom stereocenters. The molecule has 0 aliphatic carbocycles. The summed E-state index contributed by atoms with van der Waals surface area (Å²) in [7, 11) is 3.33. The van der Waals surface area contributed by atoms with E-state index in [1.165, 1.54) is 16.8 Å². The largest absolute Gasteiger partial charge is 0.495 e. The van der Waals surface area contributed by atoms with Gasteiger partial charge in [-0.05, 0) is 25.1 Å². The third-order valence-corrected chi connectivity index (χ3v) is 4.95. The Kier molecular flexibility index (Phi) is 5.22. The molecule has 28 heavy (non-hydrogen) atoms. The molecule has 1 aromatic heterocycles. The van der Waals surface area contributed by atoms with Gasteiger partial charge in [0, 0.05) is 18.8 Å². The fourth-order valence-corrected chi connectivity index (χ4v) is 3.73. The van der Waals surface area contributed by atoms with Gasteiger partial charge >= 0.3 is 12.8 Å². The van der Waals surface area contributed by atoms with Gasteiger partial charge in [-0.2, -0.15) is 0 Å². The van der Waals surface area contributed by atoms with Gasteiger partial charge in [0.2, 0.25) is 0 Å². The van der Waals surface area contributed by atoms with Crippen LogP contribution in [-0.2, 0) is 20.6 Å². The van der Waals surface area contributed by atoms with E-state index in [9.17, 15) is 14.7 Å². The Morgan fingerprint density at radius 2 is 1.93 bits per heavy atom. The van der Waals surface area contributed by atoms with E-state index in [2.05, 4.69) is 9.88 Å². The van der Waals surface area contributed by atoms with Gasteiger partial charge in [0.25, 0.3) is 5.56 Å². The van der Waals surface area contributed by atoms with Gasteiger partial charge in [-0.15, -0.1) is 0 Å². The number of hydrogen-bond acceptors (Lipinski definition) is 7. The van der Waals surface area contributed by atoms with Crippen LogP contribution in [0.1, 0.15) is 11.8 Å². The highest BCUT2D eigenvalue weighted by Gasteiger charge is 2.55. The van der Waals surface area contributed by atoms with Crippen LogP contribution < -0.4 is 16.7 Å². The highest BCUT2D eigenvalue weighted by atomic mass is 16.7. The maximum Gasteiger partial charge on any atom is 0.495 e. The van der Waals surface area contributed by atoms with E-state index < -0.39 is 42.9 Å². The number of rotatable bonds is 5. The monoisotopic (exact) mass is 387 g/mol. The zero-order valence-electron chi connectivity index (χ0n) is 15.6. The number of nitrogens with one attached hydrogen (secondary N) is 1. The van der Waals surface area contributed by atoms with Gasteiger partial charge in [0.1, 0.15) is 18.3 Å². The Bertz CT molecular complexity index is 961. The number of aliphatic hydroxyl groups is 1. The smallest absolute Gasteiger partial charge is 0.399 e. The number of aromatic nitrogens is 2. The molecule has 2 aliphatic heterocycles. The summed E-state index contributed by atoms with van der Waals surface area (Å²) in [6, 6.07) is 9.08. The van der Waals surface area contributed by atoms with Crippen LogP contribution in [0.15, 0.2) is 46.1 Å². The van der Waals surface area contributed by atoms with E-state index in [4.69, 9.17) is 14.0 Å². The Morgan fingerprint density at radius 3 is 2.64 bits per heavy atom. The number of aromatic amines is 1. The van der Waals surface area contributed by atoms with Crippen LogP contribution >= 0.6 is 0 Å². The van der Waals surface area contributed by atoms with Crippen molar-refractivity contribution in [3.8, 4) is 0 Å². The molecule has 3 heterocycles. The lowest BCUT2D eigenvalue weighted by Crippen LogP contribution is -2.40. The standard InChI is InChI=1S/C18H22BN3O6/c1-21(2)9-11-5-3-4-6-12(11)19-27-15-13(10-23)26-17(16(15)28-19)22-8-7-14(24)20-18(22)25/h3-8,13,15-17,23H,9-10H2,1-2H3,(H,20,24,25)/t13-,15-,16-,17-/m1/s1. The lowest BCUT2D eigenvalue weighted by Gasteiger charge is -2.21. The molecule has 2 aliphatic rings. The molecule has 2 saturated heterocycles. The van der Waals surface area contributed by atoms with Crippen molar-refractivity contribution >= 4 is 12.6 Å². The summed E-state index contributed by atoms with van der Waals surface area (Å²) >= 11 is 0. The van der Waals surface area contributed by atoms with Crippen LogP contribution in [-0.4, -0.2) is 65.7 Å². The number of hydrogen-bond donors (Lipinski definition) is 2. The zero-order valence-corrected chi connectivity index (χ0v) is 15.6. The minimum atomic E-state index is -0.808. The Hall–Kier alpha value is -2.24. The highest BCUT2D eigenvalue weighted by Crippen LogP contribution is 2.37. The molecule has 0 bridgehead atoms. The van der Waals surface area contributed by atoms with Gasteiger partial charge in [-0.1, -0.05) is 24.3 Å². The summed E-state index contributed by atoms with van der Waals surface area (Å²) in [5.74, 6) is 0. The molecular weight excluding hydrogens is 365 g/mol. The Morgan fingerprint density at radius 1 is 1.18 bits per heavy atom. The molecular formula is C18H22BN3O6. The minimum absolute atomic E-state index is 0.273. The Balaban J connectivity index is 1.65. The molecule has 2 N–H and O–H groups in total. The lowest BCUT2D eigenvalue weighted by molar-refractivity contribution is -0.0606. The van der Waals surface area contributed by atoms with Crippen molar-refractivity contribution in [2.75, 3.05) is 20.7 Å². The number of H-pyrrole nitrogens is 1. The quantitative estimate of drug-likeness (QED) is 0.613. The van der Waals surface area contributed by atoms with E-state index in [0.717, 1.165) is 17.6 Å². The van der Waals surface area contributed by atoms with E-state index >= 15 is 0 Å². The molecule has 0 radical (unpaired) electrons. The molecule has 4 atom stereocenters. The summed E-state index contributed by atoms with van der Waals surface area (Å²) in [6.07, 6.45) is -1.22. The second kappa shape index (κ2) is 7.65. The topological polar surface area (TPSA) is 106 Å². The summed E-state index contributed by atoms with van der Waals surface area (Å²) in [4.78, 5) is 27.8. The van der Waals surface area contributed by atoms with Crippen molar-refractivity contribution in [3.63, 3.8) is 0 Å². The first kappa shape index (κ1) is 19.1. The first-order valence-electron chi connectivity index (χ1n) is 9.09. The molecule has 148 valence electrons. The molecule has 0 amide bonds. The van der Waals surface area contributed by atoms with Gasteiger partial charge in [0.05, 0.1) is 6.61 Å². The lowest BCUT2D eigenvalue weighted by atomic mass is 9.76. The number of fused-ring (bicyclic) bond motifs is 1. The van der Waals surface area contributed by atoms with Crippen molar-refractivity contribution in [2.24, 2.45) is 0 Å². The summed E-state index contributed by atoms with van der Waals surface area (Å²) in [5, 5.41) is 9.71. The number of nitrogens with zero attached hydrogens (tertiary/aromatic N) is 2. The van der Waals surface area contributed by atoms with Crippen LogP contribution in [0.2, 0.25) is 0 Å². The molecule has 10 heteroatoms. The summed E-state index contributed by atoms with van der Waals surface area (Å²) in [5.41, 5.74) is 0.870. The molecule has 0 saturated carbocycles. The second-order valence-corrected chi connectivity index (χ2v) is 7.24. The zero-order chi connectivity index (χ0) is 19.8. The number of ether oxygens (including phenoxy) is 1. The van der Waals surface area contributed by atoms with Crippen molar-refractivity contribution in [1.82, 2.24) is 14.5 Å². The van der Waals surface area contributed by atoms with E-state index in [1.807, 2.05) is 38.4 Å². The molecule has 1 aromatic carbocycles. The predicted molar refractivity (Wildman–Crippen MR) is 101 cm³/mol. The van der Waals surface area contributed by atoms with Crippen LogP contribution in [0.3, 0.4) is 0 Å². The number of benzene rings is 1. The first-order valence-corrected chi connectivity index (χ1v) is 9.09. The third kappa shape index (κ3) is 3.45. The highest BCUT2D eigenvalue weighted by molar-refractivity contribution is 6.62. The van der Waals surface area contributed by atoms with Crippen molar-refractivity contribution in [3.05, 3.63) is 62.9 Å². The first-order chi connectivity index (χ1) is 13.5. The normalized spacial score (nSPS) is 26.8. The van der Waals surface area contributed by atoms with Gasteiger partial charge in [0.15, 0.2) is 6.23 Å². The summed E-state index contributed by atoms with van der Waals surface area (Å²) in [6.45, 7) is 0.447. The average molecular weight is 387 g/mol. The fourth-order valence-electron chi connectivity index (χ4n) is 3.73. The third-order valence-electron chi connectivity index (χ3n) is 4.95. The van der Waals surface area contributed by atoms with Crippen LogP contribution in [0.4, 0.5) is 0 Å². The van der Waals surface area contributed by atoms with E-state index in [0.29, 0.717) is 0 Å². The molecule has 4 rings (SSSR count). The predicted octanol–water partition coefficient (Wildman–Crippen LogP) is -1.33. The van der Waals surface area contributed by atoms with Crippen molar-refractivity contribution in [1.29, 1.82) is 0 Å². The average Bonchev–Trinajstić information content (AvgIpc) is 3.21. The maximum absolute atomic E-state index is 12.2. The molecule has 9 nitrogen and oxygen atoms in total. The SMILES string of the molecule is CN(C)Cc1ccccc1B1O[C@@H]2[C@H](O1)[C@@H](CO)O[C@H]2n1ccc(=O)[nH]c1=O. The molecule has 2 fully saturated rings. The van der Waals surface area contributed by atoms with Crippen LogP contribution in [0, 0.1) is 0 Å². The van der Waals surface area contributed by atoms with Crippen LogP contribution in [0.25, 0.3) is 0 Å². The van der Waals surface area contributed by atoms with E-state index in [1.54, 1.807) is 0 Å². The van der Waals surface area contributed by atoms with Crippen molar-refractivity contribution < 1.29 is 19.2 Å². The minimum Gasteiger partial charge on any atom is -0.399 e. The van der Waals surface area contributed by atoms with E-state index in [-0.39, 0.29) is 6.61 Å². The second-order valence-electron chi connectivity index (χ2n) is 7.24. The van der Waals surface area contributed by atoms with Gasteiger partial charge in [-0.25, -0.2) is 4.79 Å². The summed E-state index contributed by atoms with van der Waals surface area (Å²) < 4.78 is 19.3. The fraction of sp³-hybridized carbons (Fsp3) is 0.444. The Labute approximate surface area is 161 Å². The van der Waals surface area contributed by atoms with Crippen molar-refractivity contribution in [2.45, 2.75) is 31.1 Å². The molecule has 2 aromatic rings. The molecule has 0 spiro atoms. The van der Waals surface area contributed by atoms with Crippen LogP contribution in [0.5, 0.6) is 0 Å². The number of aliphatic hydroxyl groups excluding tert-OH is 1.